The Kier molecular flexibility index (Phi) is 8.16. The van der Waals surface area contributed by atoms with Gasteiger partial charge in [-0.2, -0.15) is 0 Å². The summed E-state index contributed by atoms with van der Waals surface area (Å²) in [6.07, 6.45) is 6.36. The summed E-state index contributed by atoms with van der Waals surface area (Å²) in [5.41, 5.74) is 2.34. The number of amides is 1. The number of thiocarbonyl (C=S) groups is 1. The fourth-order valence-electron chi connectivity index (χ4n) is 3.80. The van der Waals surface area contributed by atoms with Crippen molar-refractivity contribution in [3.05, 3.63) is 75.4 Å². The van der Waals surface area contributed by atoms with Crippen LogP contribution in [0.3, 0.4) is 0 Å². The molecule has 2 heterocycles. The average molecular weight is 535 g/mol. The number of carbonyl (C=O) groups excluding carboxylic acids is 1. The van der Waals surface area contributed by atoms with Crippen molar-refractivity contribution in [3.63, 3.8) is 0 Å². The minimum absolute atomic E-state index is 0.181. The maximum absolute atomic E-state index is 12.4. The second-order valence-corrected chi connectivity index (χ2v) is 9.36. The zero-order valence-corrected chi connectivity index (χ0v) is 21.2. The molecule has 0 spiro atoms. The zero-order chi connectivity index (χ0) is 24.1. The molecule has 1 aliphatic heterocycles. The van der Waals surface area contributed by atoms with E-state index in [9.17, 15) is 4.79 Å². The molecule has 2 aromatic carbocycles. The third-order valence-electron chi connectivity index (χ3n) is 5.39. The number of hydrogen-bond acceptors (Lipinski definition) is 4. The summed E-state index contributed by atoms with van der Waals surface area (Å²) in [5, 5.41) is 7.44. The monoisotopic (exact) mass is 533 g/mol. The molecule has 34 heavy (non-hydrogen) atoms. The SMILES string of the molecule is O=C(/C=C/c1ccc(-c2cccc(Cl)c2Cl)o1)NC(=S)Nc1cccc(Cl)c1N1CCCCC1. The van der Waals surface area contributed by atoms with Gasteiger partial charge in [-0.3, -0.25) is 10.1 Å². The number of nitrogens with zero attached hydrogens (tertiary/aromatic N) is 1. The first-order valence-corrected chi connectivity index (χ1v) is 12.3. The van der Waals surface area contributed by atoms with Crippen molar-refractivity contribution in [2.24, 2.45) is 0 Å². The molecule has 2 N–H and O–H groups in total. The van der Waals surface area contributed by atoms with Gasteiger partial charge in [-0.15, -0.1) is 0 Å². The van der Waals surface area contributed by atoms with Crippen molar-refractivity contribution in [3.8, 4) is 11.3 Å². The first kappa shape index (κ1) is 24.6. The second kappa shape index (κ2) is 11.3. The van der Waals surface area contributed by atoms with Crippen molar-refractivity contribution < 1.29 is 9.21 Å². The van der Waals surface area contributed by atoms with Gasteiger partial charge in [0.05, 0.1) is 26.4 Å². The fraction of sp³-hybridized carbons (Fsp3) is 0.200. The molecule has 0 radical (unpaired) electrons. The van der Waals surface area contributed by atoms with Crippen LogP contribution in [0.5, 0.6) is 0 Å². The molecule has 3 aromatic rings. The van der Waals surface area contributed by atoms with E-state index in [4.69, 9.17) is 51.4 Å². The van der Waals surface area contributed by atoms with Crippen molar-refractivity contribution >= 4 is 75.5 Å². The quantitative estimate of drug-likeness (QED) is 0.263. The Morgan fingerprint density at radius 2 is 1.71 bits per heavy atom. The van der Waals surface area contributed by atoms with Crippen LogP contribution in [-0.2, 0) is 4.79 Å². The molecule has 0 bridgehead atoms. The van der Waals surface area contributed by atoms with E-state index in [-0.39, 0.29) is 5.11 Å². The Labute approximate surface area is 218 Å². The van der Waals surface area contributed by atoms with Gasteiger partial charge in [0, 0.05) is 24.7 Å². The molecule has 1 fully saturated rings. The number of halogens is 3. The van der Waals surface area contributed by atoms with E-state index in [1.165, 1.54) is 12.5 Å². The number of hydrogen-bond donors (Lipinski definition) is 2. The summed E-state index contributed by atoms with van der Waals surface area (Å²) in [6.45, 7) is 1.87. The van der Waals surface area contributed by atoms with Crippen LogP contribution in [0.1, 0.15) is 25.0 Å². The number of nitrogens with one attached hydrogen (secondary N) is 2. The number of benzene rings is 2. The van der Waals surface area contributed by atoms with Gasteiger partial charge in [0.15, 0.2) is 5.11 Å². The second-order valence-electron chi connectivity index (χ2n) is 7.76. The third kappa shape index (κ3) is 5.94. The summed E-state index contributed by atoms with van der Waals surface area (Å²) < 4.78 is 5.77. The lowest BCUT2D eigenvalue weighted by molar-refractivity contribution is -0.115. The molecule has 0 atom stereocenters. The van der Waals surface area contributed by atoms with Crippen LogP contribution >= 0.6 is 47.0 Å². The molecule has 1 amide bonds. The van der Waals surface area contributed by atoms with Gasteiger partial charge in [0.25, 0.3) is 0 Å². The molecule has 1 aromatic heterocycles. The minimum Gasteiger partial charge on any atom is -0.457 e. The average Bonchev–Trinajstić information content (AvgIpc) is 3.29. The number of furan rings is 1. The Balaban J connectivity index is 1.39. The largest absolute Gasteiger partial charge is 0.457 e. The van der Waals surface area contributed by atoms with Crippen molar-refractivity contribution in [2.75, 3.05) is 23.3 Å². The Morgan fingerprint density at radius 1 is 0.971 bits per heavy atom. The molecular formula is C25H22Cl3N3O2S. The van der Waals surface area contributed by atoms with E-state index in [2.05, 4.69) is 15.5 Å². The topological polar surface area (TPSA) is 57.5 Å². The van der Waals surface area contributed by atoms with E-state index in [1.54, 1.807) is 30.3 Å². The highest BCUT2D eigenvalue weighted by Gasteiger charge is 2.18. The van der Waals surface area contributed by atoms with Gasteiger partial charge >= 0.3 is 0 Å². The zero-order valence-electron chi connectivity index (χ0n) is 18.1. The van der Waals surface area contributed by atoms with Crippen LogP contribution in [0.15, 0.2) is 59.0 Å². The maximum atomic E-state index is 12.4. The van der Waals surface area contributed by atoms with E-state index in [1.807, 2.05) is 24.3 Å². The molecular weight excluding hydrogens is 513 g/mol. The molecule has 9 heteroatoms. The number of rotatable bonds is 5. The first-order chi connectivity index (χ1) is 16.4. The summed E-state index contributed by atoms with van der Waals surface area (Å²) in [4.78, 5) is 14.7. The van der Waals surface area contributed by atoms with Crippen LogP contribution < -0.4 is 15.5 Å². The number of para-hydroxylation sites is 1. The summed E-state index contributed by atoms with van der Waals surface area (Å²) >= 11 is 24.2. The first-order valence-electron chi connectivity index (χ1n) is 10.8. The summed E-state index contributed by atoms with van der Waals surface area (Å²) in [6, 6.07) is 14.4. The van der Waals surface area contributed by atoms with E-state index in [0.717, 1.165) is 37.3 Å². The van der Waals surface area contributed by atoms with Crippen molar-refractivity contribution in [1.29, 1.82) is 0 Å². The Bertz CT molecular complexity index is 1240. The van der Waals surface area contributed by atoms with Gasteiger partial charge in [0.2, 0.25) is 5.91 Å². The lowest BCUT2D eigenvalue weighted by Gasteiger charge is -2.31. The van der Waals surface area contributed by atoms with Crippen LogP contribution in [-0.4, -0.2) is 24.1 Å². The Morgan fingerprint density at radius 3 is 2.50 bits per heavy atom. The van der Waals surface area contributed by atoms with Crippen LogP contribution in [0.2, 0.25) is 15.1 Å². The van der Waals surface area contributed by atoms with Gasteiger partial charge in [-0.1, -0.05) is 46.9 Å². The summed E-state index contributed by atoms with van der Waals surface area (Å²) in [7, 11) is 0. The number of carbonyl (C=O) groups is 1. The van der Waals surface area contributed by atoms with Gasteiger partial charge in [-0.25, -0.2) is 0 Å². The third-order valence-corrected chi connectivity index (χ3v) is 6.71. The molecule has 0 unspecified atom stereocenters. The van der Waals surface area contributed by atoms with Crippen molar-refractivity contribution in [2.45, 2.75) is 19.3 Å². The van der Waals surface area contributed by atoms with Gasteiger partial charge in [0.1, 0.15) is 11.5 Å². The smallest absolute Gasteiger partial charge is 0.250 e. The van der Waals surface area contributed by atoms with E-state index >= 15 is 0 Å². The van der Waals surface area contributed by atoms with Crippen LogP contribution in [0, 0.1) is 0 Å². The predicted octanol–water partition coefficient (Wildman–Crippen LogP) is 7.42. The lowest BCUT2D eigenvalue weighted by Crippen LogP contribution is -2.34. The molecule has 0 saturated carbocycles. The number of piperidine rings is 1. The predicted molar refractivity (Wildman–Crippen MR) is 145 cm³/mol. The molecule has 4 rings (SSSR count). The van der Waals surface area contributed by atoms with Crippen molar-refractivity contribution in [1.82, 2.24) is 5.32 Å². The molecule has 0 aliphatic carbocycles. The van der Waals surface area contributed by atoms with E-state index < -0.39 is 5.91 Å². The lowest BCUT2D eigenvalue weighted by atomic mass is 10.1. The summed E-state index contributed by atoms with van der Waals surface area (Å²) in [5.74, 6) is 0.649. The van der Waals surface area contributed by atoms with Crippen LogP contribution in [0.25, 0.3) is 17.4 Å². The van der Waals surface area contributed by atoms with Gasteiger partial charge in [-0.05, 0) is 74.0 Å². The normalized spacial score (nSPS) is 13.8. The fourth-order valence-corrected chi connectivity index (χ4v) is 4.70. The van der Waals surface area contributed by atoms with E-state index in [0.29, 0.717) is 32.2 Å². The van der Waals surface area contributed by atoms with Crippen LogP contribution in [0.4, 0.5) is 11.4 Å². The highest BCUT2D eigenvalue weighted by atomic mass is 35.5. The molecule has 1 aliphatic rings. The minimum atomic E-state index is -0.391. The van der Waals surface area contributed by atoms with Gasteiger partial charge < -0.3 is 14.6 Å². The molecule has 1 saturated heterocycles. The maximum Gasteiger partial charge on any atom is 0.250 e. The molecule has 5 nitrogen and oxygen atoms in total. The Hall–Kier alpha value is -2.51. The molecule has 176 valence electrons. The number of anilines is 2. The highest BCUT2D eigenvalue weighted by molar-refractivity contribution is 7.80. The highest BCUT2D eigenvalue weighted by Crippen LogP contribution is 2.36. The standard InChI is InChI=1S/C25H22Cl3N3O2S/c26-18-7-4-6-17(23(18)28)21-12-10-16(33-21)11-13-22(32)30-25(34)29-20-9-5-8-19(27)24(20)31-14-2-1-3-15-31/h4-13H,1-3,14-15H2,(H2,29,30,32,34)/b13-11+.